The van der Waals surface area contributed by atoms with E-state index in [0.717, 1.165) is 22.5 Å². The van der Waals surface area contributed by atoms with Crippen LogP contribution in [0.4, 0.5) is 5.69 Å². The summed E-state index contributed by atoms with van der Waals surface area (Å²) in [6.45, 7) is 3.98. The van der Waals surface area contributed by atoms with Crippen molar-refractivity contribution in [1.29, 1.82) is 0 Å². The van der Waals surface area contributed by atoms with E-state index < -0.39 is 0 Å². The summed E-state index contributed by atoms with van der Waals surface area (Å²) in [5.41, 5.74) is 4.63. The van der Waals surface area contributed by atoms with Gasteiger partial charge in [-0.05, 0) is 61.9 Å². The molecule has 32 heavy (non-hydrogen) atoms. The molecule has 1 amide bonds. The number of anilines is 1. The molecular formula is C26H23N3O3. The maximum absolute atomic E-state index is 13.0. The van der Waals surface area contributed by atoms with Gasteiger partial charge < -0.3 is 14.6 Å². The Labute approximate surface area is 186 Å². The van der Waals surface area contributed by atoms with Crippen LogP contribution in [-0.2, 0) is 6.61 Å². The number of rotatable bonds is 7. The Morgan fingerprint density at radius 2 is 1.88 bits per heavy atom. The lowest BCUT2D eigenvalue weighted by molar-refractivity contribution is 0.102. The maximum Gasteiger partial charge on any atom is 0.259 e. The van der Waals surface area contributed by atoms with Gasteiger partial charge in [0.05, 0.1) is 22.5 Å². The maximum atomic E-state index is 13.0. The highest BCUT2D eigenvalue weighted by Crippen LogP contribution is 2.23. The second kappa shape index (κ2) is 9.75. The molecule has 2 aromatic carbocycles. The highest BCUT2D eigenvalue weighted by molar-refractivity contribution is 6.06. The topological polar surface area (TPSA) is 77.2 Å². The van der Waals surface area contributed by atoms with Crippen LogP contribution < -0.4 is 10.1 Å². The first-order valence-corrected chi connectivity index (χ1v) is 10.2. The van der Waals surface area contributed by atoms with E-state index in [-0.39, 0.29) is 12.5 Å². The third-order valence-corrected chi connectivity index (χ3v) is 4.96. The first kappa shape index (κ1) is 21.1. The minimum Gasteiger partial charge on any atom is -0.488 e. The monoisotopic (exact) mass is 425 g/mol. The molecule has 4 aromatic rings. The van der Waals surface area contributed by atoms with Gasteiger partial charge in [0.1, 0.15) is 18.1 Å². The molecule has 6 heteroatoms. The number of carbonyl (C=O) groups excluding carboxylic acids is 1. The van der Waals surface area contributed by atoms with Gasteiger partial charge in [0, 0.05) is 11.9 Å². The molecule has 1 N–H and O–H groups in total. The molecule has 0 aliphatic heterocycles. The van der Waals surface area contributed by atoms with Crippen LogP contribution in [0.2, 0.25) is 0 Å². The molecule has 0 aliphatic rings. The molecule has 0 saturated heterocycles. The molecule has 6 nitrogen and oxygen atoms in total. The zero-order valence-electron chi connectivity index (χ0n) is 17.9. The van der Waals surface area contributed by atoms with E-state index in [1.807, 2.05) is 80.6 Å². The van der Waals surface area contributed by atoms with Crippen LogP contribution >= 0.6 is 0 Å². The van der Waals surface area contributed by atoms with E-state index in [1.54, 1.807) is 18.3 Å². The standard InChI is InChI=1S/C26H23N3O3/c1-18-24(19(2)32-29-18)17-31-25-12-4-3-11-23(25)26(30)28-22-10-7-8-20(16-22)13-14-21-9-5-6-15-27-21/h3-16H,17H2,1-2H3,(H,28,30). The number of aryl methyl sites for hydroxylation is 2. The predicted molar refractivity (Wildman–Crippen MR) is 124 cm³/mol. The van der Waals surface area contributed by atoms with E-state index in [0.29, 0.717) is 22.8 Å². The summed E-state index contributed by atoms with van der Waals surface area (Å²) >= 11 is 0. The van der Waals surface area contributed by atoms with Crippen molar-refractivity contribution in [1.82, 2.24) is 10.1 Å². The first-order chi connectivity index (χ1) is 15.6. The minimum absolute atomic E-state index is 0.245. The van der Waals surface area contributed by atoms with Crippen molar-refractivity contribution in [3.8, 4) is 5.75 Å². The number of nitrogens with zero attached hydrogens (tertiary/aromatic N) is 2. The summed E-state index contributed by atoms with van der Waals surface area (Å²) < 4.78 is 11.1. The van der Waals surface area contributed by atoms with Crippen molar-refractivity contribution in [3.05, 3.63) is 107 Å². The molecule has 0 spiro atoms. The van der Waals surface area contributed by atoms with E-state index in [9.17, 15) is 4.79 Å². The van der Waals surface area contributed by atoms with Crippen molar-refractivity contribution in [3.63, 3.8) is 0 Å². The zero-order chi connectivity index (χ0) is 22.3. The summed E-state index contributed by atoms with van der Waals surface area (Å²) in [6.07, 6.45) is 5.64. The normalized spacial score (nSPS) is 10.9. The van der Waals surface area contributed by atoms with Gasteiger partial charge in [0.2, 0.25) is 0 Å². The van der Waals surface area contributed by atoms with Gasteiger partial charge in [-0.25, -0.2) is 0 Å². The third kappa shape index (κ3) is 5.10. The van der Waals surface area contributed by atoms with Gasteiger partial charge in [-0.15, -0.1) is 0 Å². The molecule has 0 atom stereocenters. The molecule has 4 rings (SSSR count). The number of aromatic nitrogens is 2. The lowest BCUT2D eigenvalue weighted by Gasteiger charge is -2.12. The fourth-order valence-corrected chi connectivity index (χ4v) is 3.21. The number of hydrogen-bond donors (Lipinski definition) is 1. The van der Waals surface area contributed by atoms with E-state index in [1.165, 1.54) is 0 Å². The van der Waals surface area contributed by atoms with Gasteiger partial charge >= 0.3 is 0 Å². The number of hydrogen-bond acceptors (Lipinski definition) is 5. The molecule has 2 heterocycles. The average Bonchev–Trinajstić information content (AvgIpc) is 3.14. The molecule has 0 fully saturated rings. The number of carbonyl (C=O) groups is 1. The van der Waals surface area contributed by atoms with Gasteiger partial charge in [-0.3, -0.25) is 9.78 Å². The molecule has 0 radical (unpaired) electrons. The number of amides is 1. The molecule has 160 valence electrons. The molecule has 0 unspecified atom stereocenters. The lowest BCUT2D eigenvalue weighted by atomic mass is 10.1. The molecular weight excluding hydrogens is 402 g/mol. The summed E-state index contributed by atoms with van der Waals surface area (Å²) in [4.78, 5) is 17.3. The number of nitrogens with one attached hydrogen (secondary N) is 1. The van der Waals surface area contributed by atoms with E-state index in [2.05, 4.69) is 15.5 Å². The van der Waals surface area contributed by atoms with Crippen molar-refractivity contribution in [2.45, 2.75) is 20.5 Å². The largest absolute Gasteiger partial charge is 0.488 e. The second-order valence-corrected chi connectivity index (χ2v) is 7.26. The smallest absolute Gasteiger partial charge is 0.259 e. The van der Waals surface area contributed by atoms with Crippen molar-refractivity contribution >= 4 is 23.7 Å². The first-order valence-electron chi connectivity index (χ1n) is 10.2. The van der Waals surface area contributed by atoms with Gasteiger partial charge in [0.15, 0.2) is 0 Å². The van der Waals surface area contributed by atoms with E-state index >= 15 is 0 Å². The van der Waals surface area contributed by atoms with Crippen LogP contribution in [0, 0.1) is 13.8 Å². The Hall–Kier alpha value is -4.19. The van der Waals surface area contributed by atoms with Gasteiger partial charge in [-0.2, -0.15) is 0 Å². The van der Waals surface area contributed by atoms with Gasteiger partial charge in [0.25, 0.3) is 5.91 Å². The summed E-state index contributed by atoms with van der Waals surface area (Å²) in [5.74, 6) is 0.960. The highest BCUT2D eigenvalue weighted by Gasteiger charge is 2.15. The van der Waals surface area contributed by atoms with Crippen molar-refractivity contribution < 1.29 is 14.1 Å². The summed E-state index contributed by atoms with van der Waals surface area (Å²) in [6, 6.07) is 20.5. The number of para-hydroxylation sites is 1. The van der Waals surface area contributed by atoms with Crippen LogP contribution in [0.3, 0.4) is 0 Å². The van der Waals surface area contributed by atoms with Crippen molar-refractivity contribution in [2.24, 2.45) is 0 Å². The lowest BCUT2D eigenvalue weighted by Crippen LogP contribution is -2.13. The second-order valence-electron chi connectivity index (χ2n) is 7.26. The van der Waals surface area contributed by atoms with Crippen LogP contribution in [0.15, 0.2) is 77.4 Å². The Balaban J connectivity index is 1.47. The van der Waals surface area contributed by atoms with E-state index in [4.69, 9.17) is 9.26 Å². The molecule has 0 bridgehead atoms. The predicted octanol–water partition coefficient (Wildman–Crippen LogP) is 5.69. The highest BCUT2D eigenvalue weighted by atomic mass is 16.5. The third-order valence-electron chi connectivity index (χ3n) is 4.96. The molecule has 0 aliphatic carbocycles. The minimum atomic E-state index is -0.245. The average molecular weight is 425 g/mol. The number of pyridine rings is 1. The fourth-order valence-electron chi connectivity index (χ4n) is 3.21. The Bertz CT molecular complexity index is 1230. The summed E-state index contributed by atoms with van der Waals surface area (Å²) in [7, 11) is 0. The SMILES string of the molecule is Cc1noc(C)c1COc1ccccc1C(=O)Nc1cccc(C=Cc2ccccn2)c1. The quantitative estimate of drug-likeness (QED) is 0.412. The van der Waals surface area contributed by atoms with Crippen LogP contribution in [0.5, 0.6) is 5.75 Å². The Morgan fingerprint density at radius 3 is 2.66 bits per heavy atom. The number of benzene rings is 2. The van der Waals surface area contributed by atoms with Crippen LogP contribution in [-0.4, -0.2) is 16.0 Å². The van der Waals surface area contributed by atoms with Crippen LogP contribution in [0.25, 0.3) is 12.2 Å². The Morgan fingerprint density at radius 1 is 1.03 bits per heavy atom. The summed E-state index contributed by atoms with van der Waals surface area (Å²) in [5, 5.41) is 6.89. The molecule has 2 aromatic heterocycles. The number of ether oxygens (including phenoxy) is 1. The fraction of sp³-hybridized carbons (Fsp3) is 0.115. The Kier molecular flexibility index (Phi) is 6.41. The van der Waals surface area contributed by atoms with Crippen molar-refractivity contribution in [2.75, 3.05) is 5.32 Å². The van der Waals surface area contributed by atoms with Gasteiger partial charge in [-0.1, -0.05) is 41.6 Å². The van der Waals surface area contributed by atoms with Crippen LogP contribution in [0.1, 0.15) is 38.6 Å². The zero-order valence-corrected chi connectivity index (χ0v) is 17.9. The molecule has 0 saturated carbocycles.